The zero-order valence-electron chi connectivity index (χ0n) is 9.83. The minimum Gasteiger partial charge on any atom is -0.373 e. The molecule has 1 rings (SSSR count). The summed E-state index contributed by atoms with van der Waals surface area (Å²) in [5.74, 6) is 1.78. The number of anilines is 2. The largest absolute Gasteiger partial charge is 0.373 e. The van der Waals surface area contributed by atoms with Gasteiger partial charge in [0.15, 0.2) is 0 Å². The van der Waals surface area contributed by atoms with Crippen molar-refractivity contribution in [1.82, 2.24) is 15.0 Å². The van der Waals surface area contributed by atoms with Crippen LogP contribution < -0.4 is 10.7 Å². The molecule has 0 aliphatic heterocycles. The van der Waals surface area contributed by atoms with Crippen LogP contribution in [0.4, 0.5) is 11.6 Å². The highest BCUT2D eigenvalue weighted by atomic mass is 15.5. The lowest BCUT2D eigenvalue weighted by molar-refractivity contribution is 0.491. The molecule has 0 unspecified atom stereocenters. The van der Waals surface area contributed by atoms with Gasteiger partial charge in [-0.1, -0.05) is 13.3 Å². The van der Waals surface area contributed by atoms with E-state index in [-0.39, 0.29) is 0 Å². The highest BCUT2D eigenvalue weighted by Crippen LogP contribution is 2.20. The maximum absolute atomic E-state index is 4.24. The van der Waals surface area contributed by atoms with E-state index in [1.54, 1.807) is 6.33 Å². The lowest BCUT2D eigenvalue weighted by Crippen LogP contribution is -2.22. The van der Waals surface area contributed by atoms with Gasteiger partial charge >= 0.3 is 0 Å². The lowest BCUT2D eigenvalue weighted by atomic mass is 10.1. The Hall–Kier alpha value is -1.36. The number of nitrogens with zero attached hydrogens (tertiary/aromatic N) is 3. The first-order valence-electron chi connectivity index (χ1n) is 5.14. The Morgan fingerprint density at radius 2 is 1.93 bits per heavy atom. The Labute approximate surface area is 90.9 Å². The second kappa shape index (κ2) is 5.50. The Morgan fingerprint density at radius 3 is 2.47 bits per heavy atom. The predicted molar refractivity (Wildman–Crippen MR) is 62.9 cm³/mol. The number of hydrazine groups is 1. The van der Waals surface area contributed by atoms with Crippen molar-refractivity contribution in [1.29, 1.82) is 0 Å². The molecule has 0 saturated heterocycles. The van der Waals surface area contributed by atoms with Gasteiger partial charge in [-0.2, -0.15) is 0 Å². The van der Waals surface area contributed by atoms with Crippen LogP contribution in [-0.4, -0.2) is 36.1 Å². The van der Waals surface area contributed by atoms with Crippen molar-refractivity contribution in [2.45, 2.75) is 19.8 Å². The molecule has 1 aromatic heterocycles. The Balaban J connectivity index is 3.01. The van der Waals surface area contributed by atoms with Crippen molar-refractivity contribution < 1.29 is 0 Å². The molecule has 84 valence electrons. The average molecular weight is 209 g/mol. The summed E-state index contributed by atoms with van der Waals surface area (Å²) in [5, 5.41) is 4.96. The van der Waals surface area contributed by atoms with Crippen molar-refractivity contribution in [3.05, 3.63) is 11.9 Å². The van der Waals surface area contributed by atoms with Gasteiger partial charge < -0.3 is 10.7 Å². The molecule has 0 aliphatic rings. The maximum atomic E-state index is 4.24. The maximum Gasteiger partial charge on any atom is 0.149 e. The van der Waals surface area contributed by atoms with Crippen LogP contribution in [0.15, 0.2) is 6.33 Å². The SMILES string of the molecule is CCCc1c(NC)ncnc1NN(C)C. The van der Waals surface area contributed by atoms with Crippen LogP contribution in [0.1, 0.15) is 18.9 Å². The molecular formula is C10H19N5. The number of hydrogen-bond acceptors (Lipinski definition) is 5. The van der Waals surface area contributed by atoms with Crippen molar-refractivity contribution >= 4 is 11.6 Å². The predicted octanol–water partition coefficient (Wildman–Crippen LogP) is 1.36. The second-order valence-corrected chi connectivity index (χ2v) is 3.56. The van der Waals surface area contributed by atoms with Crippen molar-refractivity contribution in [2.24, 2.45) is 0 Å². The molecular weight excluding hydrogens is 190 g/mol. The smallest absolute Gasteiger partial charge is 0.149 e. The number of rotatable bonds is 5. The van der Waals surface area contributed by atoms with Crippen molar-refractivity contribution in [2.75, 3.05) is 31.9 Å². The van der Waals surface area contributed by atoms with Crippen LogP contribution in [0.25, 0.3) is 0 Å². The third kappa shape index (κ3) is 3.06. The number of aromatic nitrogens is 2. The summed E-state index contributed by atoms with van der Waals surface area (Å²) >= 11 is 0. The molecule has 5 nitrogen and oxygen atoms in total. The highest BCUT2D eigenvalue weighted by Gasteiger charge is 2.09. The van der Waals surface area contributed by atoms with Gasteiger partial charge in [0.05, 0.1) is 0 Å². The summed E-state index contributed by atoms with van der Waals surface area (Å²) in [5.41, 5.74) is 4.31. The third-order valence-corrected chi connectivity index (χ3v) is 2.01. The normalized spacial score (nSPS) is 10.5. The monoisotopic (exact) mass is 209 g/mol. The van der Waals surface area contributed by atoms with Crippen molar-refractivity contribution in [3.8, 4) is 0 Å². The molecule has 0 saturated carbocycles. The van der Waals surface area contributed by atoms with E-state index in [0.29, 0.717) is 0 Å². The van der Waals surface area contributed by atoms with E-state index in [1.165, 1.54) is 0 Å². The zero-order valence-corrected chi connectivity index (χ0v) is 9.83. The minimum atomic E-state index is 0.876. The van der Waals surface area contributed by atoms with E-state index in [0.717, 1.165) is 30.0 Å². The first kappa shape index (κ1) is 11.7. The quantitative estimate of drug-likeness (QED) is 0.717. The molecule has 15 heavy (non-hydrogen) atoms. The number of hydrogen-bond donors (Lipinski definition) is 2. The topological polar surface area (TPSA) is 53.1 Å². The third-order valence-electron chi connectivity index (χ3n) is 2.01. The summed E-state index contributed by atoms with van der Waals surface area (Å²) in [6.45, 7) is 2.14. The molecule has 1 aromatic rings. The van der Waals surface area contributed by atoms with Crippen LogP contribution in [0, 0.1) is 0 Å². The molecule has 0 aliphatic carbocycles. The van der Waals surface area contributed by atoms with Crippen LogP contribution in [0.2, 0.25) is 0 Å². The van der Waals surface area contributed by atoms with Crippen molar-refractivity contribution in [3.63, 3.8) is 0 Å². The van der Waals surface area contributed by atoms with E-state index in [4.69, 9.17) is 0 Å². The molecule has 1 heterocycles. The standard InChI is InChI=1S/C10H19N5/c1-5-6-8-9(11-2)12-7-13-10(8)14-15(3)4/h7H,5-6H2,1-4H3,(H2,11,12,13,14). The molecule has 0 spiro atoms. The summed E-state index contributed by atoms with van der Waals surface area (Å²) in [6, 6.07) is 0. The summed E-state index contributed by atoms with van der Waals surface area (Å²) < 4.78 is 0. The molecule has 0 amide bonds. The van der Waals surface area contributed by atoms with E-state index in [1.807, 2.05) is 26.2 Å². The molecule has 2 N–H and O–H groups in total. The van der Waals surface area contributed by atoms with E-state index >= 15 is 0 Å². The fraction of sp³-hybridized carbons (Fsp3) is 0.600. The molecule has 0 aromatic carbocycles. The fourth-order valence-electron chi connectivity index (χ4n) is 1.42. The molecule has 0 bridgehead atoms. The van der Waals surface area contributed by atoms with Crippen LogP contribution >= 0.6 is 0 Å². The minimum absolute atomic E-state index is 0.876. The molecule has 0 radical (unpaired) electrons. The Morgan fingerprint density at radius 1 is 1.27 bits per heavy atom. The van der Waals surface area contributed by atoms with Gasteiger partial charge in [-0.25, -0.2) is 15.0 Å². The average Bonchev–Trinajstić information content (AvgIpc) is 2.20. The summed E-state index contributed by atoms with van der Waals surface area (Å²) in [4.78, 5) is 8.45. The van der Waals surface area contributed by atoms with Gasteiger partial charge in [-0.05, 0) is 6.42 Å². The van der Waals surface area contributed by atoms with E-state index in [9.17, 15) is 0 Å². The lowest BCUT2D eigenvalue weighted by Gasteiger charge is -2.17. The fourth-order valence-corrected chi connectivity index (χ4v) is 1.42. The Kier molecular flexibility index (Phi) is 4.30. The molecule has 0 atom stereocenters. The van der Waals surface area contributed by atoms with E-state index in [2.05, 4.69) is 27.6 Å². The first-order chi connectivity index (χ1) is 7.19. The van der Waals surface area contributed by atoms with E-state index < -0.39 is 0 Å². The van der Waals surface area contributed by atoms with Gasteiger partial charge in [-0.3, -0.25) is 0 Å². The van der Waals surface area contributed by atoms with Gasteiger partial charge in [-0.15, -0.1) is 0 Å². The Bertz CT molecular complexity index is 311. The summed E-state index contributed by atoms with van der Waals surface area (Å²) in [7, 11) is 5.76. The highest BCUT2D eigenvalue weighted by molar-refractivity contribution is 5.56. The molecule has 5 heteroatoms. The van der Waals surface area contributed by atoms with Gasteiger partial charge in [0.1, 0.15) is 18.0 Å². The first-order valence-corrected chi connectivity index (χ1v) is 5.14. The van der Waals surface area contributed by atoms with Gasteiger partial charge in [0.2, 0.25) is 0 Å². The summed E-state index contributed by atoms with van der Waals surface area (Å²) in [6.07, 6.45) is 3.61. The molecule has 0 fully saturated rings. The number of nitrogens with one attached hydrogen (secondary N) is 2. The second-order valence-electron chi connectivity index (χ2n) is 3.56. The zero-order chi connectivity index (χ0) is 11.3. The van der Waals surface area contributed by atoms with Crippen LogP contribution in [-0.2, 0) is 6.42 Å². The van der Waals surface area contributed by atoms with Gasteiger partial charge in [0, 0.05) is 26.7 Å². The van der Waals surface area contributed by atoms with Gasteiger partial charge in [0.25, 0.3) is 0 Å². The van der Waals surface area contributed by atoms with Crippen LogP contribution in [0.5, 0.6) is 0 Å². The van der Waals surface area contributed by atoms with Crippen LogP contribution in [0.3, 0.4) is 0 Å².